The van der Waals surface area contributed by atoms with E-state index in [-0.39, 0.29) is 11.2 Å². The first-order valence-electron chi connectivity index (χ1n) is 5.52. The summed E-state index contributed by atoms with van der Waals surface area (Å²) >= 11 is 1.17. The van der Waals surface area contributed by atoms with Gasteiger partial charge in [0.2, 0.25) is 0 Å². The van der Waals surface area contributed by atoms with Crippen LogP contribution in [0.1, 0.15) is 38.1 Å². The highest BCUT2D eigenvalue weighted by Gasteiger charge is 2.22. The van der Waals surface area contributed by atoms with Gasteiger partial charge in [-0.25, -0.2) is 0 Å². The molecular formula is C11H20N4OS. The number of carbonyl (C=O) groups is 1. The molecule has 1 heterocycles. The Hall–Kier alpha value is -1.30. The van der Waals surface area contributed by atoms with Crippen LogP contribution in [0, 0.1) is 11.3 Å². The molecule has 1 atom stereocenters. The number of nitrogens with two attached hydrogens (primary N) is 2. The van der Waals surface area contributed by atoms with Gasteiger partial charge >= 0.3 is 0 Å². The van der Waals surface area contributed by atoms with Crippen LogP contribution in [0.4, 0.5) is 10.8 Å². The van der Waals surface area contributed by atoms with Crippen molar-refractivity contribution in [3.8, 4) is 0 Å². The van der Waals surface area contributed by atoms with Crippen LogP contribution in [0.5, 0.6) is 0 Å². The lowest BCUT2D eigenvalue weighted by Gasteiger charge is -2.27. The fourth-order valence-electron chi connectivity index (χ4n) is 1.21. The van der Waals surface area contributed by atoms with Crippen molar-refractivity contribution in [3.05, 3.63) is 5.56 Å². The van der Waals surface area contributed by atoms with Crippen molar-refractivity contribution in [2.24, 2.45) is 17.1 Å². The number of nitrogens with zero attached hydrogens (tertiary/aromatic N) is 1. The Morgan fingerprint density at radius 3 is 2.59 bits per heavy atom. The van der Waals surface area contributed by atoms with Gasteiger partial charge in [0.1, 0.15) is 10.6 Å². The summed E-state index contributed by atoms with van der Waals surface area (Å²) in [5.74, 6) is 0.113. The second kappa shape index (κ2) is 4.91. The van der Waals surface area contributed by atoms with Crippen molar-refractivity contribution < 1.29 is 4.79 Å². The predicted molar refractivity (Wildman–Crippen MR) is 72.2 cm³/mol. The van der Waals surface area contributed by atoms with Gasteiger partial charge in [-0.05, 0) is 22.9 Å². The summed E-state index contributed by atoms with van der Waals surface area (Å²) in [4.78, 5) is 11.2. The third-order valence-electron chi connectivity index (χ3n) is 3.01. The van der Waals surface area contributed by atoms with Crippen molar-refractivity contribution in [1.82, 2.24) is 4.37 Å². The van der Waals surface area contributed by atoms with E-state index >= 15 is 0 Å². The van der Waals surface area contributed by atoms with Gasteiger partial charge in [0.25, 0.3) is 5.91 Å². The molecule has 0 aromatic carbocycles. The molecule has 0 bridgehead atoms. The summed E-state index contributed by atoms with van der Waals surface area (Å²) in [5.41, 5.74) is 11.4. The highest BCUT2D eigenvalue weighted by molar-refractivity contribution is 7.11. The van der Waals surface area contributed by atoms with Crippen molar-refractivity contribution >= 4 is 28.3 Å². The number of hydrogen-bond acceptors (Lipinski definition) is 5. The van der Waals surface area contributed by atoms with Gasteiger partial charge in [-0.15, -0.1) is 0 Å². The molecular weight excluding hydrogens is 236 g/mol. The third kappa shape index (κ3) is 3.33. The topological polar surface area (TPSA) is 94.0 Å². The third-order valence-corrected chi connectivity index (χ3v) is 3.83. The maximum Gasteiger partial charge on any atom is 0.255 e. The molecule has 1 amide bonds. The number of carbonyl (C=O) groups excluding carboxylic acids is 1. The summed E-state index contributed by atoms with van der Waals surface area (Å²) in [7, 11) is 0. The zero-order valence-electron chi connectivity index (χ0n) is 10.7. The molecule has 0 saturated carbocycles. The van der Waals surface area contributed by atoms with Gasteiger partial charge < -0.3 is 16.8 Å². The number of nitrogen functional groups attached to an aromatic ring is 1. The van der Waals surface area contributed by atoms with E-state index in [9.17, 15) is 4.79 Å². The average molecular weight is 256 g/mol. The standard InChI is InChI=1S/C11H20N4OS/c1-6(11(2,3)4)5-14-10-7(9(13)16)8(12)15-17-10/h6,14H,5H2,1-4H3,(H2,12,15)(H2,13,16). The van der Waals surface area contributed by atoms with Crippen molar-refractivity contribution in [2.75, 3.05) is 17.6 Å². The molecule has 0 aliphatic carbocycles. The summed E-state index contributed by atoms with van der Waals surface area (Å²) in [6.07, 6.45) is 0. The first-order chi connectivity index (χ1) is 7.73. The first-order valence-corrected chi connectivity index (χ1v) is 6.29. The highest BCUT2D eigenvalue weighted by Crippen LogP contribution is 2.29. The number of rotatable bonds is 4. The molecule has 0 radical (unpaired) electrons. The van der Waals surface area contributed by atoms with E-state index in [4.69, 9.17) is 11.5 Å². The van der Waals surface area contributed by atoms with Gasteiger partial charge in [-0.2, -0.15) is 4.37 Å². The van der Waals surface area contributed by atoms with Crippen LogP contribution in [0.3, 0.4) is 0 Å². The fraction of sp³-hybridized carbons (Fsp3) is 0.636. The zero-order chi connectivity index (χ0) is 13.2. The molecule has 0 aliphatic heterocycles. The molecule has 0 fully saturated rings. The van der Waals surface area contributed by atoms with E-state index in [2.05, 4.69) is 37.4 Å². The van der Waals surface area contributed by atoms with Crippen LogP contribution in [0.25, 0.3) is 0 Å². The number of nitrogens with one attached hydrogen (secondary N) is 1. The fourth-order valence-corrected chi connectivity index (χ4v) is 1.94. The smallest absolute Gasteiger partial charge is 0.255 e. The Morgan fingerprint density at radius 2 is 2.12 bits per heavy atom. The minimum absolute atomic E-state index is 0.202. The van der Waals surface area contributed by atoms with Gasteiger partial charge in [0, 0.05) is 6.54 Å². The Kier molecular flexibility index (Phi) is 3.98. The Balaban J connectivity index is 2.74. The van der Waals surface area contributed by atoms with Crippen LogP contribution in [0.15, 0.2) is 0 Å². The molecule has 5 N–H and O–H groups in total. The summed E-state index contributed by atoms with van der Waals surface area (Å²) < 4.78 is 3.93. The van der Waals surface area contributed by atoms with Crippen molar-refractivity contribution in [1.29, 1.82) is 0 Å². The molecule has 6 heteroatoms. The highest BCUT2D eigenvalue weighted by atomic mass is 32.1. The summed E-state index contributed by atoms with van der Waals surface area (Å²) in [5, 5.41) is 3.86. The number of amides is 1. The molecule has 0 saturated heterocycles. The van der Waals surface area contributed by atoms with Crippen LogP contribution in [0.2, 0.25) is 0 Å². The quantitative estimate of drug-likeness (QED) is 0.767. The minimum Gasteiger partial charge on any atom is -0.382 e. The second-order valence-corrected chi connectivity index (χ2v) is 6.06. The molecule has 5 nitrogen and oxygen atoms in total. The Morgan fingerprint density at radius 1 is 1.53 bits per heavy atom. The maximum absolute atomic E-state index is 11.2. The molecule has 1 aromatic rings. The maximum atomic E-state index is 11.2. The normalized spacial score (nSPS) is 13.4. The van der Waals surface area contributed by atoms with Gasteiger partial charge in [-0.1, -0.05) is 27.7 Å². The molecule has 1 aromatic heterocycles. The molecule has 96 valence electrons. The minimum atomic E-state index is -0.540. The van der Waals surface area contributed by atoms with Crippen LogP contribution < -0.4 is 16.8 Å². The van der Waals surface area contributed by atoms with Crippen molar-refractivity contribution in [2.45, 2.75) is 27.7 Å². The Bertz CT molecular complexity index is 408. The SMILES string of the molecule is CC(CNc1snc(N)c1C(N)=O)C(C)(C)C. The van der Waals surface area contributed by atoms with Crippen LogP contribution >= 0.6 is 11.5 Å². The molecule has 1 rings (SSSR count). The average Bonchev–Trinajstić information content (AvgIpc) is 2.54. The predicted octanol–water partition coefficient (Wildman–Crippen LogP) is 1.92. The Labute approximate surface area is 106 Å². The monoisotopic (exact) mass is 256 g/mol. The molecule has 1 unspecified atom stereocenters. The van der Waals surface area contributed by atoms with E-state index in [1.165, 1.54) is 11.5 Å². The number of hydrogen-bond donors (Lipinski definition) is 3. The lowest BCUT2D eigenvalue weighted by molar-refractivity contribution is 0.100. The second-order valence-electron chi connectivity index (χ2n) is 5.28. The van der Waals surface area contributed by atoms with Gasteiger partial charge in [-0.3, -0.25) is 4.79 Å². The molecule has 0 aliphatic rings. The van der Waals surface area contributed by atoms with E-state index in [1.807, 2.05) is 0 Å². The number of primary amides is 1. The van der Waals surface area contributed by atoms with Gasteiger partial charge in [0.05, 0.1) is 0 Å². The summed E-state index contributed by atoms with van der Waals surface area (Å²) in [6, 6.07) is 0. The molecule has 0 spiro atoms. The summed E-state index contributed by atoms with van der Waals surface area (Å²) in [6.45, 7) is 9.44. The van der Waals surface area contributed by atoms with Crippen LogP contribution in [-0.2, 0) is 0 Å². The van der Waals surface area contributed by atoms with Crippen LogP contribution in [-0.4, -0.2) is 16.8 Å². The van der Waals surface area contributed by atoms with Gasteiger partial charge in [0.15, 0.2) is 5.82 Å². The number of anilines is 2. The van der Waals surface area contributed by atoms with E-state index in [0.29, 0.717) is 16.5 Å². The molecule has 17 heavy (non-hydrogen) atoms. The largest absolute Gasteiger partial charge is 0.382 e. The lowest BCUT2D eigenvalue weighted by atomic mass is 9.82. The first kappa shape index (κ1) is 13.8. The van der Waals surface area contributed by atoms with E-state index < -0.39 is 5.91 Å². The van der Waals surface area contributed by atoms with E-state index in [1.54, 1.807) is 0 Å². The van der Waals surface area contributed by atoms with Crippen molar-refractivity contribution in [3.63, 3.8) is 0 Å². The lowest BCUT2D eigenvalue weighted by Crippen LogP contribution is -2.25. The zero-order valence-corrected chi connectivity index (χ0v) is 11.5. The van der Waals surface area contributed by atoms with E-state index in [0.717, 1.165) is 6.54 Å². The number of aromatic nitrogens is 1.